The van der Waals surface area contributed by atoms with E-state index in [1.54, 1.807) is 6.07 Å². The van der Waals surface area contributed by atoms with E-state index in [1.807, 2.05) is 60.7 Å². The number of fused-ring (bicyclic) bond motifs is 1. The summed E-state index contributed by atoms with van der Waals surface area (Å²) < 4.78 is 40.3. The van der Waals surface area contributed by atoms with E-state index in [4.69, 9.17) is 4.98 Å². The van der Waals surface area contributed by atoms with Gasteiger partial charge in [-0.25, -0.2) is 0 Å². The highest BCUT2D eigenvalue weighted by Gasteiger charge is 2.31. The maximum Gasteiger partial charge on any atom is 0.416 e. The van der Waals surface area contributed by atoms with Crippen LogP contribution in [0.25, 0.3) is 33.2 Å². The van der Waals surface area contributed by atoms with Crippen molar-refractivity contribution >= 4 is 10.8 Å². The molecule has 1 nitrogen and oxygen atoms in total. The molecule has 152 valence electrons. The summed E-state index contributed by atoms with van der Waals surface area (Å²) in [7, 11) is 0. The molecule has 0 saturated carbocycles. The molecule has 4 rings (SSSR count). The Morgan fingerprint density at radius 3 is 2.00 bits per heavy atom. The topological polar surface area (TPSA) is 12.9 Å². The Kier molecular flexibility index (Phi) is 5.58. The van der Waals surface area contributed by atoms with Gasteiger partial charge in [-0.15, -0.1) is 0 Å². The third-order valence-electron chi connectivity index (χ3n) is 5.29. The third kappa shape index (κ3) is 3.95. The molecule has 0 N–H and O–H groups in total. The number of rotatable bonds is 5. The van der Waals surface area contributed by atoms with Crippen molar-refractivity contribution in [3.8, 4) is 22.4 Å². The van der Waals surface area contributed by atoms with Gasteiger partial charge in [0.1, 0.15) is 0 Å². The zero-order valence-electron chi connectivity index (χ0n) is 16.7. The normalized spacial score (nSPS) is 11.7. The van der Waals surface area contributed by atoms with Gasteiger partial charge in [-0.05, 0) is 35.9 Å². The van der Waals surface area contributed by atoms with E-state index < -0.39 is 11.7 Å². The minimum atomic E-state index is -4.39. The molecule has 0 radical (unpaired) electrons. The quantitative estimate of drug-likeness (QED) is 0.328. The summed E-state index contributed by atoms with van der Waals surface area (Å²) in [6.07, 6.45) is -1.93. The third-order valence-corrected chi connectivity index (χ3v) is 5.29. The molecule has 0 bridgehead atoms. The van der Waals surface area contributed by atoms with E-state index in [2.05, 4.69) is 6.92 Å². The lowest BCUT2D eigenvalue weighted by atomic mass is 9.91. The van der Waals surface area contributed by atoms with Crippen LogP contribution in [-0.4, -0.2) is 4.98 Å². The van der Waals surface area contributed by atoms with Gasteiger partial charge < -0.3 is 0 Å². The van der Waals surface area contributed by atoms with Gasteiger partial charge >= 0.3 is 6.18 Å². The van der Waals surface area contributed by atoms with Crippen LogP contribution in [-0.2, 0) is 12.6 Å². The fraction of sp³-hybridized carbons (Fsp3) is 0.192. The Bertz CT molecular complexity index is 1150. The second-order valence-electron chi connectivity index (χ2n) is 7.38. The van der Waals surface area contributed by atoms with Gasteiger partial charge in [0.05, 0.1) is 11.3 Å². The van der Waals surface area contributed by atoms with Crippen molar-refractivity contribution in [2.45, 2.75) is 32.4 Å². The molecule has 0 aliphatic heterocycles. The summed E-state index contributed by atoms with van der Waals surface area (Å²) in [4.78, 5) is 4.94. The maximum atomic E-state index is 13.4. The number of aryl methyl sites for hydroxylation is 1. The van der Waals surface area contributed by atoms with Crippen molar-refractivity contribution < 1.29 is 13.2 Å². The summed E-state index contributed by atoms with van der Waals surface area (Å²) in [5, 5.41) is 1.38. The Balaban J connectivity index is 2.09. The van der Waals surface area contributed by atoms with Crippen LogP contribution in [0.3, 0.4) is 0 Å². The van der Waals surface area contributed by atoms with Gasteiger partial charge in [0.25, 0.3) is 0 Å². The molecule has 30 heavy (non-hydrogen) atoms. The zero-order chi connectivity index (χ0) is 21.1. The molecular formula is C26H22F3N. The molecular weight excluding hydrogens is 383 g/mol. The van der Waals surface area contributed by atoms with E-state index >= 15 is 0 Å². The van der Waals surface area contributed by atoms with E-state index in [9.17, 15) is 13.2 Å². The van der Waals surface area contributed by atoms with Crippen LogP contribution in [0.1, 0.15) is 31.0 Å². The molecule has 0 aliphatic rings. The Morgan fingerprint density at radius 2 is 1.40 bits per heavy atom. The Morgan fingerprint density at radius 1 is 0.767 bits per heavy atom. The first-order valence-corrected chi connectivity index (χ1v) is 10.1. The van der Waals surface area contributed by atoms with Crippen LogP contribution in [0.4, 0.5) is 13.2 Å². The van der Waals surface area contributed by atoms with Gasteiger partial charge in [0.2, 0.25) is 0 Å². The lowest BCUT2D eigenvalue weighted by Crippen LogP contribution is -2.06. The van der Waals surface area contributed by atoms with E-state index in [0.29, 0.717) is 11.8 Å². The largest absolute Gasteiger partial charge is 0.416 e. The molecule has 0 aliphatic carbocycles. The fourth-order valence-electron chi connectivity index (χ4n) is 3.79. The molecule has 0 amide bonds. The Hall–Kier alpha value is -3.14. The molecule has 4 aromatic rings. The van der Waals surface area contributed by atoms with E-state index in [-0.39, 0.29) is 0 Å². The highest BCUT2D eigenvalue weighted by molar-refractivity contribution is 6.04. The van der Waals surface area contributed by atoms with Crippen LogP contribution in [0.15, 0.2) is 78.9 Å². The van der Waals surface area contributed by atoms with Crippen molar-refractivity contribution in [2.24, 2.45) is 0 Å². The maximum absolute atomic E-state index is 13.4. The van der Waals surface area contributed by atoms with Gasteiger partial charge in [-0.1, -0.05) is 80.1 Å². The summed E-state index contributed by atoms with van der Waals surface area (Å²) in [6.45, 7) is 2.07. The number of halogens is 3. The lowest BCUT2D eigenvalue weighted by molar-refractivity contribution is -0.137. The van der Waals surface area contributed by atoms with Crippen molar-refractivity contribution in [1.29, 1.82) is 0 Å². The second kappa shape index (κ2) is 8.31. The predicted octanol–water partition coefficient (Wildman–Crippen LogP) is 7.93. The van der Waals surface area contributed by atoms with Gasteiger partial charge in [0.15, 0.2) is 0 Å². The standard InChI is InChI=1S/C26H22F3N/c1-2-3-14-23-22-17-20(26(27,28)29)15-16-21(22)24(18-10-6-4-7-11-18)25(30-23)19-12-8-5-9-13-19/h4-13,15-17H,2-3,14H2,1H3. The van der Waals surface area contributed by atoms with Gasteiger partial charge in [0, 0.05) is 22.2 Å². The lowest BCUT2D eigenvalue weighted by Gasteiger charge is -2.18. The number of pyridine rings is 1. The van der Waals surface area contributed by atoms with Crippen molar-refractivity contribution in [1.82, 2.24) is 4.98 Å². The average molecular weight is 405 g/mol. The molecule has 3 aromatic carbocycles. The minimum absolute atomic E-state index is 0.580. The molecule has 0 fully saturated rings. The molecule has 0 unspecified atom stereocenters. The summed E-state index contributed by atoms with van der Waals surface area (Å²) >= 11 is 0. The molecule has 0 atom stereocenters. The van der Waals surface area contributed by atoms with Crippen LogP contribution < -0.4 is 0 Å². The first-order valence-electron chi connectivity index (χ1n) is 10.1. The van der Waals surface area contributed by atoms with Crippen molar-refractivity contribution in [2.75, 3.05) is 0 Å². The monoisotopic (exact) mass is 405 g/mol. The molecule has 0 spiro atoms. The van der Waals surface area contributed by atoms with Crippen LogP contribution in [0.2, 0.25) is 0 Å². The number of aromatic nitrogens is 1. The van der Waals surface area contributed by atoms with E-state index in [1.165, 1.54) is 12.1 Å². The summed E-state index contributed by atoms with van der Waals surface area (Å²) in [6, 6.07) is 23.6. The smallest absolute Gasteiger partial charge is 0.252 e. The Labute approximate surface area is 174 Å². The molecule has 0 saturated heterocycles. The van der Waals surface area contributed by atoms with Gasteiger partial charge in [-0.2, -0.15) is 13.2 Å². The molecule has 4 heteroatoms. The number of alkyl halides is 3. The van der Waals surface area contributed by atoms with Crippen molar-refractivity contribution in [3.63, 3.8) is 0 Å². The number of hydrogen-bond acceptors (Lipinski definition) is 1. The zero-order valence-corrected chi connectivity index (χ0v) is 16.7. The number of hydrogen-bond donors (Lipinski definition) is 0. The molecule has 1 aromatic heterocycles. The van der Waals surface area contributed by atoms with E-state index in [0.717, 1.165) is 46.3 Å². The molecule has 1 heterocycles. The summed E-state index contributed by atoms with van der Waals surface area (Å²) in [5.41, 5.74) is 3.65. The van der Waals surface area contributed by atoms with Crippen molar-refractivity contribution in [3.05, 3.63) is 90.1 Å². The fourth-order valence-corrected chi connectivity index (χ4v) is 3.79. The average Bonchev–Trinajstić information content (AvgIpc) is 2.77. The van der Waals surface area contributed by atoms with Crippen LogP contribution >= 0.6 is 0 Å². The number of nitrogens with zero attached hydrogens (tertiary/aromatic N) is 1. The predicted molar refractivity (Wildman–Crippen MR) is 116 cm³/mol. The first-order chi connectivity index (χ1) is 14.5. The highest BCUT2D eigenvalue weighted by atomic mass is 19.4. The first kappa shape index (κ1) is 20.1. The number of unbranched alkanes of at least 4 members (excludes halogenated alkanes) is 1. The summed E-state index contributed by atoms with van der Waals surface area (Å²) in [5.74, 6) is 0. The van der Waals surface area contributed by atoms with Crippen LogP contribution in [0.5, 0.6) is 0 Å². The second-order valence-corrected chi connectivity index (χ2v) is 7.38. The SMILES string of the molecule is CCCCc1nc(-c2ccccc2)c(-c2ccccc2)c2ccc(C(F)(F)F)cc12. The minimum Gasteiger partial charge on any atom is -0.252 e. The van der Waals surface area contributed by atoms with Gasteiger partial charge in [-0.3, -0.25) is 4.98 Å². The van der Waals surface area contributed by atoms with Crippen LogP contribution in [0, 0.1) is 0 Å². The highest BCUT2D eigenvalue weighted by Crippen LogP contribution is 2.40. The number of benzene rings is 3.